The second kappa shape index (κ2) is 6.45. The van der Waals surface area contributed by atoms with Crippen molar-refractivity contribution in [1.29, 1.82) is 0 Å². The van der Waals surface area contributed by atoms with Gasteiger partial charge in [0.2, 0.25) is 10.0 Å². The van der Waals surface area contributed by atoms with Crippen LogP contribution in [-0.4, -0.2) is 44.2 Å². The van der Waals surface area contributed by atoms with Crippen LogP contribution >= 0.6 is 0 Å². The lowest BCUT2D eigenvalue weighted by Gasteiger charge is -2.24. The Labute approximate surface area is 94.1 Å². The van der Waals surface area contributed by atoms with Gasteiger partial charge in [0, 0.05) is 18.6 Å². The van der Waals surface area contributed by atoms with Gasteiger partial charge in [-0.25, -0.2) is 8.42 Å². The molecular weight excluding hydrogens is 212 g/mol. The Balaban J connectivity index is 4.00. The van der Waals surface area contributed by atoms with Crippen LogP contribution in [0.15, 0.2) is 0 Å². The van der Waals surface area contributed by atoms with Gasteiger partial charge in [-0.1, -0.05) is 13.8 Å². The molecule has 0 atom stereocenters. The van der Waals surface area contributed by atoms with E-state index in [2.05, 4.69) is 19.2 Å². The Morgan fingerprint density at radius 3 is 2.07 bits per heavy atom. The van der Waals surface area contributed by atoms with Crippen LogP contribution in [0.5, 0.6) is 0 Å². The van der Waals surface area contributed by atoms with Gasteiger partial charge in [0.15, 0.2) is 0 Å². The van der Waals surface area contributed by atoms with E-state index in [-0.39, 0.29) is 6.04 Å². The Bertz CT molecular complexity index is 261. The predicted octanol–water partition coefficient (Wildman–Crippen LogP) is 1.04. The van der Waals surface area contributed by atoms with E-state index in [1.807, 2.05) is 13.8 Å². The quantitative estimate of drug-likeness (QED) is 0.672. The first-order valence-electron chi connectivity index (χ1n) is 5.45. The third kappa shape index (κ3) is 6.87. The summed E-state index contributed by atoms with van der Waals surface area (Å²) >= 11 is 0. The normalized spacial score (nSPS) is 13.1. The Kier molecular flexibility index (Phi) is 6.40. The molecule has 92 valence electrons. The minimum Gasteiger partial charge on any atom is -0.314 e. The van der Waals surface area contributed by atoms with Crippen molar-refractivity contribution in [3.63, 3.8) is 0 Å². The van der Waals surface area contributed by atoms with E-state index >= 15 is 0 Å². The van der Waals surface area contributed by atoms with E-state index in [0.717, 1.165) is 13.0 Å². The molecule has 0 bridgehead atoms. The van der Waals surface area contributed by atoms with Crippen LogP contribution in [0, 0.1) is 0 Å². The van der Waals surface area contributed by atoms with Gasteiger partial charge < -0.3 is 5.32 Å². The van der Waals surface area contributed by atoms with Crippen LogP contribution in [0.25, 0.3) is 0 Å². The first-order valence-corrected chi connectivity index (χ1v) is 7.30. The van der Waals surface area contributed by atoms with Gasteiger partial charge in [0.25, 0.3) is 0 Å². The molecule has 0 rings (SSSR count). The van der Waals surface area contributed by atoms with Crippen LogP contribution < -0.4 is 5.32 Å². The maximum absolute atomic E-state index is 11.4. The number of sulfonamides is 1. The Morgan fingerprint density at radius 1 is 1.20 bits per heavy atom. The number of nitrogens with one attached hydrogen (secondary N) is 1. The number of hydrogen-bond donors (Lipinski definition) is 1. The van der Waals surface area contributed by atoms with Gasteiger partial charge in [0.1, 0.15) is 0 Å². The van der Waals surface area contributed by atoms with E-state index in [9.17, 15) is 8.42 Å². The molecule has 5 heteroatoms. The van der Waals surface area contributed by atoms with Crippen LogP contribution in [0.3, 0.4) is 0 Å². The van der Waals surface area contributed by atoms with Gasteiger partial charge in [-0.15, -0.1) is 0 Å². The summed E-state index contributed by atoms with van der Waals surface area (Å²) in [6.07, 6.45) is 2.12. The first kappa shape index (κ1) is 14.9. The molecule has 1 N–H and O–H groups in total. The van der Waals surface area contributed by atoms with E-state index < -0.39 is 10.0 Å². The zero-order chi connectivity index (χ0) is 12.1. The molecule has 0 aliphatic carbocycles. The molecule has 0 saturated heterocycles. The molecule has 0 aromatic heterocycles. The van der Waals surface area contributed by atoms with E-state index in [1.165, 1.54) is 10.6 Å². The average molecular weight is 236 g/mol. The number of rotatable bonds is 7. The standard InChI is InChI=1S/C10H24N2O2S/c1-9(2)11-7-6-8-12(10(3)4)15(5,13)14/h9-11H,6-8H2,1-5H3. The maximum Gasteiger partial charge on any atom is 0.211 e. The topological polar surface area (TPSA) is 49.4 Å². The lowest BCUT2D eigenvalue weighted by Crippen LogP contribution is -2.38. The fourth-order valence-corrected chi connectivity index (χ4v) is 2.66. The molecule has 0 aliphatic heterocycles. The summed E-state index contributed by atoms with van der Waals surface area (Å²) in [5.41, 5.74) is 0. The van der Waals surface area contributed by atoms with Gasteiger partial charge in [-0.2, -0.15) is 4.31 Å². The molecule has 15 heavy (non-hydrogen) atoms. The monoisotopic (exact) mass is 236 g/mol. The SMILES string of the molecule is CC(C)NCCCN(C(C)C)S(C)(=O)=O. The lowest BCUT2D eigenvalue weighted by molar-refractivity contribution is 0.347. The summed E-state index contributed by atoms with van der Waals surface area (Å²) in [5, 5.41) is 3.27. The van der Waals surface area contributed by atoms with Crippen molar-refractivity contribution >= 4 is 10.0 Å². The molecular formula is C10H24N2O2S. The smallest absolute Gasteiger partial charge is 0.211 e. The van der Waals surface area contributed by atoms with Crippen molar-refractivity contribution in [2.75, 3.05) is 19.3 Å². The van der Waals surface area contributed by atoms with E-state index in [0.29, 0.717) is 12.6 Å². The molecule has 0 radical (unpaired) electrons. The summed E-state index contributed by atoms with van der Waals surface area (Å²) in [6.45, 7) is 9.41. The number of hydrogen-bond acceptors (Lipinski definition) is 3. The Hall–Kier alpha value is -0.130. The van der Waals surface area contributed by atoms with E-state index in [1.54, 1.807) is 0 Å². The van der Waals surface area contributed by atoms with Gasteiger partial charge in [-0.05, 0) is 26.8 Å². The third-order valence-electron chi connectivity index (χ3n) is 2.11. The minimum atomic E-state index is -3.06. The molecule has 0 heterocycles. The average Bonchev–Trinajstić information content (AvgIpc) is 1.99. The first-order chi connectivity index (χ1) is 6.75. The van der Waals surface area contributed by atoms with Crippen LogP contribution in [0.4, 0.5) is 0 Å². The van der Waals surface area contributed by atoms with Crippen molar-refractivity contribution < 1.29 is 8.42 Å². The molecule has 0 aromatic rings. The summed E-state index contributed by atoms with van der Waals surface area (Å²) in [5.74, 6) is 0. The molecule has 0 unspecified atom stereocenters. The molecule has 0 fully saturated rings. The summed E-state index contributed by atoms with van der Waals surface area (Å²) < 4.78 is 24.3. The predicted molar refractivity (Wildman–Crippen MR) is 64.4 cm³/mol. The van der Waals surface area contributed by atoms with Crippen molar-refractivity contribution in [3.8, 4) is 0 Å². The maximum atomic E-state index is 11.4. The highest BCUT2D eigenvalue weighted by Gasteiger charge is 2.18. The molecule has 0 aliphatic rings. The molecule has 4 nitrogen and oxygen atoms in total. The summed E-state index contributed by atoms with van der Waals surface area (Å²) in [6, 6.07) is 0.495. The van der Waals surface area contributed by atoms with Crippen LogP contribution in [0.1, 0.15) is 34.1 Å². The van der Waals surface area contributed by atoms with Gasteiger partial charge in [-0.3, -0.25) is 0 Å². The summed E-state index contributed by atoms with van der Waals surface area (Å²) in [7, 11) is -3.06. The van der Waals surface area contributed by atoms with Crippen LogP contribution in [0.2, 0.25) is 0 Å². The molecule has 0 amide bonds. The highest BCUT2D eigenvalue weighted by Crippen LogP contribution is 2.05. The largest absolute Gasteiger partial charge is 0.314 e. The fraction of sp³-hybridized carbons (Fsp3) is 1.00. The second-order valence-electron chi connectivity index (χ2n) is 4.43. The van der Waals surface area contributed by atoms with Gasteiger partial charge in [0.05, 0.1) is 6.26 Å². The zero-order valence-electron chi connectivity index (χ0n) is 10.4. The fourth-order valence-electron chi connectivity index (χ4n) is 1.43. The van der Waals surface area contributed by atoms with Crippen molar-refractivity contribution in [2.24, 2.45) is 0 Å². The van der Waals surface area contributed by atoms with Crippen molar-refractivity contribution in [3.05, 3.63) is 0 Å². The second-order valence-corrected chi connectivity index (χ2v) is 6.36. The minimum absolute atomic E-state index is 0.0408. The highest BCUT2D eigenvalue weighted by atomic mass is 32.2. The highest BCUT2D eigenvalue weighted by molar-refractivity contribution is 7.88. The third-order valence-corrected chi connectivity index (χ3v) is 3.57. The zero-order valence-corrected chi connectivity index (χ0v) is 11.3. The molecule has 0 aromatic carbocycles. The lowest BCUT2D eigenvalue weighted by atomic mass is 10.3. The van der Waals surface area contributed by atoms with Crippen LogP contribution in [-0.2, 0) is 10.0 Å². The van der Waals surface area contributed by atoms with E-state index in [4.69, 9.17) is 0 Å². The molecule has 0 spiro atoms. The van der Waals surface area contributed by atoms with Gasteiger partial charge >= 0.3 is 0 Å². The van der Waals surface area contributed by atoms with Crippen molar-refractivity contribution in [1.82, 2.24) is 9.62 Å². The molecule has 0 saturated carbocycles. The Morgan fingerprint density at radius 2 is 1.73 bits per heavy atom. The van der Waals surface area contributed by atoms with Crippen molar-refractivity contribution in [2.45, 2.75) is 46.2 Å². The number of nitrogens with zero attached hydrogens (tertiary/aromatic N) is 1. The summed E-state index contributed by atoms with van der Waals surface area (Å²) in [4.78, 5) is 0.